The van der Waals surface area contributed by atoms with Gasteiger partial charge in [-0.25, -0.2) is 17.6 Å². The molecule has 0 unspecified atom stereocenters. The predicted molar refractivity (Wildman–Crippen MR) is 141 cm³/mol. The number of carbonyl (C=O) groups is 2. The molecule has 0 bridgehead atoms. The van der Waals surface area contributed by atoms with Gasteiger partial charge in [-0.1, -0.05) is 0 Å². The molecule has 3 heterocycles. The monoisotopic (exact) mass is 592 g/mol. The zero-order valence-electron chi connectivity index (χ0n) is 22.1. The largest absolute Gasteiger partial charge is 0.351 e. The number of halogens is 4. The van der Waals surface area contributed by atoms with E-state index in [0.717, 1.165) is 29.7 Å². The van der Waals surface area contributed by atoms with Crippen molar-refractivity contribution in [3.8, 4) is 0 Å². The first kappa shape index (κ1) is 26.4. The molecule has 0 saturated heterocycles. The van der Waals surface area contributed by atoms with E-state index in [1.165, 1.54) is 35.5 Å². The molecule has 3 N–H and O–H groups in total. The van der Waals surface area contributed by atoms with Crippen LogP contribution in [0.25, 0.3) is 0 Å². The zero-order valence-corrected chi connectivity index (χ0v) is 22.9. The molecular formula is C26H28F4N8O2S. The Kier molecular flexibility index (Phi) is 5.97. The first-order valence-electron chi connectivity index (χ1n) is 13.6. The highest BCUT2D eigenvalue weighted by Gasteiger charge is 2.65. The Bertz CT molecular complexity index is 1540. The number of anilines is 3. The lowest BCUT2D eigenvalue weighted by Gasteiger charge is -2.25. The van der Waals surface area contributed by atoms with E-state index in [-0.39, 0.29) is 41.9 Å². The molecule has 3 atom stereocenters. The van der Waals surface area contributed by atoms with Gasteiger partial charge in [0.15, 0.2) is 0 Å². The minimum Gasteiger partial charge on any atom is -0.351 e. The number of fused-ring (bicyclic) bond motifs is 1. The number of aryl methyl sites for hydroxylation is 2. The highest BCUT2D eigenvalue weighted by molar-refractivity contribution is 7.17. The summed E-state index contributed by atoms with van der Waals surface area (Å²) in [6.45, 7) is -0.135. The number of nitrogens with zero attached hydrogens (tertiary/aromatic N) is 5. The number of hydrogen-bond acceptors (Lipinski definition) is 7. The quantitative estimate of drug-likeness (QED) is 0.313. The maximum Gasteiger partial charge on any atom is 0.282 e. The molecule has 15 heteroatoms. The van der Waals surface area contributed by atoms with Crippen molar-refractivity contribution in [3.63, 3.8) is 0 Å². The first-order valence-corrected chi connectivity index (χ1v) is 14.5. The van der Waals surface area contributed by atoms with E-state index < -0.39 is 24.2 Å². The van der Waals surface area contributed by atoms with E-state index in [2.05, 4.69) is 31.2 Å². The third-order valence-corrected chi connectivity index (χ3v) is 10.1. The van der Waals surface area contributed by atoms with Crippen molar-refractivity contribution in [2.24, 2.45) is 24.3 Å². The van der Waals surface area contributed by atoms with Gasteiger partial charge in [-0.3, -0.25) is 18.8 Å². The van der Waals surface area contributed by atoms with Crippen LogP contribution >= 0.6 is 11.3 Å². The summed E-state index contributed by atoms with van der Waals surface area (Å²) in [5.41, 5.74) is 0.870. The topological polar surface area (TPSA) is 119 Å². The Labute approximate surface area is 235 Å². The molecule has 4 aliphatic rings. The van der Waals surface area contributed by atoms with Crippen LogP contribution < -0.4 is 16.0 Å². The predicted octanol–water partition coefficient (Wildman–Crippen LogP) is 4.61. The van der Waals surface area contributed by atoms with Crippen molar-refractivity contribution in [1.29, 1.82) is 0 Å². The third-order valence-electron chi connectivity index (χ3n) is 8.89. The van der Waals surface area contributed by atoms with Crippen LogP contribution in [0.1, 0.15) is 71.1 Å². The lowest BCUT2D eigenvalue weighted by molar-refractivity contribution is -0.117. The Hall–Kier alpha value is -3.49. The number of aromatic nitrogens is 5. The fourth-order valence-electron chi connectivity index (χ4n) is 5.98. The molecule has 10 nitrogen and oxygen atoms in total. The Morgan fingerprint density at radius 2 is 2.02 bits per heavy atom. The van der Waals surface area contributed by atoms with Gasteiger partial charge in [-0.2, -0.15) is 5.10 Å². The van der Waals surface area contributed by atoms with Crippen LogP contribution in [0, 0.1) is 17.3 Å². The van der Waals surface area contributed by atoms with Crippen LogP contribution in [-0.2, 0) is 24.7 Å². The summed E-state index contributed by atoms with van der Waals surface area (Å²) in [4.78, 5) is 27.4. The molecule has 3 aromatic rings. The van der Waals surface area contributed by atoms with Crippen molar-refractivity contribution >= 4 is 39.9 Å². The molecule has 3 aromatic heterocycles. The highest BCUT2D eigenvalue weighted by atomic mass is 32.1. The van der Waals surface area contributed by atoms with E-state index in [1.807, 2.05) is 0 Å². The molecule has 7 rings (SSSR count). The van der Waals surface area contributed by atoms with Gasteiger partial charge in [-0.15, -0.1) is 21.5 Å². The van der Waals surface area contributed by atoms with Crippen molar-refractivity contribution < 1.29 is 27.2 Å². The van der Waals surface area contributed by atoms with Gasteiger partial charge in [0.25, 0.3) is 18.3 Å². The summed E-state index contributed by atoms with van der Waals surface area (Å²) in [6, 6.07) is 1.06. The number of hydrogen-bond donors (Lipinski definition) is 3. The summed E-state index contributed by atoms with van der Waals surface area (Å²) in [5.74, 6) is -3.60. The number of alkyl halides is 4. The van der Waals surface area contributed by atoms with Crippen molar-refractivity contribution in [3.05, 3.63) is 34.1 Å². The third kappa shape index (κ3) is 4.77. The van der Waals surface area contributed by atoms with Crippen LogP contribution in [0.15, 0.2) is 12.4 Å². The summed E-state index contributed by atoms with van der Waals surface area (Å²) in [5, 5.41) is 21.1. The molecule has 3 fully saturated rings. The zero-order chi connectivity index (χ0) is 28.7. The molecular weight excluding hydrogens is 564 g/mol. The minimum absolute atomic E-state index is 0.0429. The molecule has 0 aliphatic heterocycles. The van der Waals surface area contributed by atoms with E-state index in [0.29, 0.717) is 41.6 Å². The molecule has 4 aliphatic carbocycles. The van der Waals surface area contributed by atoms with Gasteiger partial charge in [0.1, 0.15) is 22.8 Å². The summed E-state index contributed by atoms with van der Waals surface area (Å²) >= 11 is 1.37. The standard InChI is InChI=1S/C26H28F4N8O2S/c1-37-18(7-16(36-37)20(27)28)33-24-35-32-11-38(24)13-2-3-17-14(6-13)19(22(40)31-10-12-8-26(12,29)30)23(41-17)34-21(39)15-9-25(15)4-5-25/h7,11-13,15,20H,2-6,8-10H2,1H3,(H,31,40)(H,33,35)(H,34,39)/t12-,13-,15+/m0/s1. The average molecular weight is 593 g/mol. The number of nitrogens with one attached hydrogen (secondary N) is 3. The smallest absolute Gasteiger partial charge is 0.282 e. The van der Waals surface area contributed by atoms with E-state index in [9.17, 15) is 27.2 Å². The summed E-state index contributed by atoms with van der Waals surface area (Å²) < 4.78 is 56.3. The molecule has 218 valence electrons. The van der Waals surface area contributed by atoms with Crippen LogP contribution in [0.2, 0.25) is 0 Å². The van der Waals surface area contributed by atoms with Crippen molar-refractivity contribution in [1.82, 2.24) is 29.9 Å². The maximum absolute atomic E-state index is 13.5. The second kappa shape index (κ2) is 9.26. The number of thiophene rings is 1. The molecule has 0 radical (unpaired) electrons. The number of rotatable bonds is 9. The van der Waals surface area contributed by atoms with Gasteiger partial charge in [0.2, 0.25) is 11.9 Å². The lowest BCUT2D eigenvalue weighted by Crippen LogP contribution is -2.29. The Balaban J connectivity index is 1.14. The second-order valence-electron chi connectivity index (χ2n) is 11.7. The average Bonchev–Trinajstić information content (AvgIpc) is 3.83. The molecule has 1 spiro atoms. The maximum atomic E-state index is 13.5. The fraction of sp³-hybridized carbons (Fsp3) is 0.577. The fourth-order valence-corrected chi connectivity index (χ4v) is 7.23. The molecule has 41 heavy (non-hydrogen) atoms. The van der Waals surface area contributed by atoms with Gasteiger partial charge in [0, 0.05) is 48.8 Å². The van der Waals surface area contributed by atoms with E-state index >= 15 is 0 Å². The second-order valence-corrected chi connectivity index (χ2v) is 12.8. The molecule has 0 aromatic carbocycles. The first-order chi connectivity index (χ1) is 19.5. The van der Waals surface area contributed by atoms with Crippen molar-refractivity contribution in [2.75, 3.05) is 17.2 Å². The SMILES string of the molecule is Cn1nc(C(F)F)cc1Nc1nncn1[C@H]1CCc2sc(NC(=O)[C@H]3CC34CC4)c(C(=O)NC[C@@H]3CC3(F)F)c2C1. The van der Waals surface area contributed by atoms with Gasteiger partial charge in [0.05, 0.1) is 5.56 Å². The van der Waals surface area contributed by atoms with Gasteiger partial charge < -0.3 is 16.0 Å². The van der Waals surface area contributed by atoms with E-state index in [1.54, 1.807) is 4.57 Å². The lowest BCUT2D eigenvalue weighted by atomic mass is 9.91. The molecule has 3 saturated carbocycles. The summed E-state index contributed by atoms with van der Waals surface area (Å²) in [6.07, 6.45) is 3.25. The van der Waals surface area contributed by atoms with Crippen LogP contribution in [0.5, 0.6) is 0 Å². The minimum atomic E-state index is -2.75. The van der Waals surface area contributed by atoms with Crippen molar-refractivity contribution in [2.45, 2.75) is 63.3 Å². The molecule has 2 amide bonds. The van der Waals surface area contributed by atoms with E-state index in [4.69, 9.17) is 0 Å². The van der Waals surface area contributed by atoms with Gasteiger partial charge in [-0.05, 0) is 49.5 Å². The Morgan fingerprint density at radius 1 is 1.24 bits per heavy atom. The van der Waals surface area contributed by atoms with Crippen LogP contribution in [-0.4, -0.2) is 48.8 Å². The number of carbonyl (C=O) groups excluding carboxylic acids is 2. The normalized spacial score (nSPS) is 24.7. The van der Waals surface area contributed by atoms with Crippen LogP contribution in [0.4, 0.5) is 34.3 Å². The number of amides is 2. The highest BCUT2D eigenvalue weighted by Crippen LogP contribution is 2.70. The van der Waals surface area contributed by atoms with Gasteiger partial charge >= 0.3 is 0 Å². The summed E-state index contributed by atoms with van der Waals surface area (Å²) in [7, 11) is 1.54. The Morgan fingerprint density at radius 3 is 2.68 bits per heavy atom. The van der Waals surface area contributed by atoms with Crippen LogP contribution in [0.3, 0.4) is 0 Å².